The van der Waals surface area contributed by atoms with Gasteiger partial charge in [-0.2, -0.15) is 0 Å². The standard InChI is InChI=1S/C18H27N7O3.HI/c1-18(2,3)28-17(26)21-12-7-8-25(11-12)16(19-4)20-10-14-22-15(24-23-14)13-6-5-9-27-13;/h5-6,9,12H,7-8,10-11H2,1-4H3,(H,19,20)(H,21,26)(H,22,23,24);1H. The molecule has 0 spiro atoms. The summed E-state index contributed by atoms with van der Waals surface area (Å²) in [7, 11) is 1.73. The van der Waals surface area contributed by atoms with Crippen LogP contribution in [0.5, 0.6) is 0 Å². The van der Waals surface area contributed by atoms with E-state index in [1.807, 2.05) is 20.8 Å². The molecule has 3 N–H and O–H groups in total. The Labute approximate surface area is 186 Å². The number of likely N-dealkylation sites (tertiary alicyclic amines) is 1. The van der Waals surface area contributed by atoms with Gasteiger partial charge in [-0.05, 0) is 39.3 Å². The normalized spacial score (nSPS) is 17.0. The lowest BCUT2D eigenvalue weighted by molar-refractivity contribution is 0.0507. The number of aliphatic imine (C=N–C) groups is 1. The van der Waals surface area contributed by atoms with Gasteiger partial charge in [0.1, 0.15) is 11.4 Å². The smallest absolute Gasteiger partial charge is 0.407 e. The lowest BCUT2D eigenvalue weighted by Crippen LogP contribution is -2.44. The highest BCUT2D eigenvalue weighted by molar-refractivity contribution is 14.0. The number of hydrogen-bond acceptors (Lipinski definition) is 6. The number of H-pyrrole nitrogens is 1. The van der Waals surface area contributed by atoms with Crippen LogP contribution >= 0.6 is 24.0 Å². The largest absolute Gasteiger partial charge is 0.461 e. The molecule has 1 unspecified atom stereocenters. The monoisotopic (exact) mass is 517 g/mol. The van der Waals surface area contributed by atoms with Crippen molar-refractivity contribution < 1.29 is 13.9 Å². The first-order valence-corrected chi connectivity index (χ1v) is 9.24. The first-order valence-electron chi connectivity index (χ1n) is 9.24. The number of nitrogens with one attached hydrogen (secondary N) is 3. The number of halogens is 1. The third-order valence-corrected chi connectivity index (χ3v) is 4.11. The molecule has 10 nitrogen and oxygen atoms in total. The predicted octanol–water partition coefficient (Wildman–Crippen LogP) is 2.36. The molecule has 1 aliphatic heterocycles. The maximum atomic E-state index is 11.9. The lowest BCUT2D eigenvalue weighted by Gasteiger charge is -2.23. The van der Waals surface area contributed by atoms with Crippen molar-refractivity contribution in [1.82, 2.24) is 30.7 Å². The van der Waals surface area contributed by atoms with Crippen LogP contribution in [0.4, 0.5) is 4.79 Å². The third-order valence-electron chi connectivity index (χ3n) is 4.11. The van der Waals surface area contributed by atoms with Crippen molar-refractivity contribution in [3.8, 4) is 11.6 Å². The highest BCUT2D eigenvalue weighted by Gasteiger charge is 2.27. The number of carbonyl (C=O) groups is 1. The number of rotatable bonds is 4. The quantitative estimate of drug-likeness (QED) is 0.324. The van der Waals surface area contributed by atoms with Crippen LogP contribution in [-0.2, 0) is 11.3 Å². The van der Waals surface area contributed by atoms with E-state index < -0.39 is 11.7 Å². The summed E-state index contributed by atoms with van der Waals surface area (Å²) in [5.74, 6) is 2.54. The van der Waals surface area contributed by atoms with E-state index in [0.717, 1.165) is 18.9 Å². The molecule has 11 heteroatoms. The van der Waals surface area contributed by atoms with Gasteiger partial charge in [-0.3, -0.25) is 10.1 Å². The number of nitrogens with zero attached hydrogens (tertiary/aromatic N) is 4. The van der Waals surface area contributed by atoms with Gasteiger partial charge in [0.05, 0.1) is 18.8 Å². The summed E-state index contributed by atoms with van der Waals surface area (Å²) < 4.78 is 10.6. The first-order chi connectivity index (χ1) is 13.3. The minimum Gasteiger partial charge on any atom is -0.461 e. The van der Waals surface area contributed by atoms with E-state index in [9.17, 15) is 4.79 Å². The fourth-order valence-corrected chi connectivity index (χ4v) is 2.93. The molecule has 2 aromatic rings. The molecule has 160 valence electrons. The van der Waals surface area contributed by atoms with Crippen molar-refractivity contribution >= 4 is 36.0 Å². The Morgan fingerprint density at radius 2 is 2.28 bits per heavy atom. The molecule has 1 atom stereocenters. The van der Waals surface area contributed by atoms with Crippen LogP contribution in [0.2, 0.25) is 0 Å². The SMILES string of the molecule is CN=C(NCc1nc(-c2ccco2)n[nH]1)N1CCC(NC(=O)OC(C)(C)C)C1.I. The molecule has 29 heavy (non-hydrogen) atoms. The van der Waals surface area contributed by atoms with E-state index >= 15 is 0 Å². The van der Waals surface area contributed by atoms with E-state index in [1.54, 1.807) is 25.4 Å². The van der Waals surface area contributed by atoms with E-state index in [-0.39, 0.29) is 30.0 Å². The Bertz CT molecular complexity index is 814. The van der Waals surface area contributed by atoms with Gasteiger partial charge in [-0.25, -0.2) is 9.78 Å². The van der Waals surface area contributed by atoms with Crippen LogP contribution in [0, 0.1) is 0 Å². The van der Waals surface area contributed by atoms with Gasteiger partial charge >= 0.3 is 6.09 Å². The second-order valence-corrected chi connectivity index (χ2v) is 7.56. The number of aromatic amines is 1. The average molecular weight is 517 g/mol. The van der Waals surface area contributed by atoms with Gasteiger partial charge in [-0.1, -0.05) is 0 Å². The molecule has 0 saturated carbocycles. The highest BCUT2D eigenvalue weighted by Crippen LogP contribution is 2.15. The number of guanidine groups is 1. The summed E-state index contributed by atoms with van der Waals surface area (Å²) in [5.41, 5.74) is -0.508. The average Bonchev–Trinajstić information content (AvgIpc) is 3.35. The summed E-state index contributed by atoms with van der Waals surface area (Å²) in [6.45, 7) is 7.43. The Balaban J connectivity index is 0.00000300. The zero-order chi connectivity index (χ0) is 20.1. The first kappa shape index (κ1) is 23.0. The van der Waals surface area contributed by atoms with Crippen LogP contribution in [0.25, 0.3) is 11.6 Å². The predicted molar refractivity (Wildman–Crippen MR) is 119 cm³/mol. The second kappa shape index (κ2) is 9.94. The number of ether oxygens (including phenoxy) is 1. The van der Waals surface area contributed by atoms with E-state index in [1.165, 1.54) is 0 Å². The third kappa shape index (κ3) is 6.61. The van der Waals surface area contributed by atoms with Gasteiger partial charge in [0.25, 0.3) is 0 Å². The van der Waals surface area contributed by atoms with E-state index in [2.05, 4.69) is 35.7 Å². The zero-order valence-corrected chi connectivity index (χ0v) is 19.4. The van der Waals surface area contributed by atoms with Gasteiger partial charge in [0, 0.05) is 20.1 Å². The highest BCUT2D eigenvalue weighted by atomic mass is 127. The van der Waals surface area contributed by atoms with Crippen molar-refractivity contribution in [2.45, 2.75) is 45.4 Å². The maximum Gasteiger partial charge on any atom is 0.407 e. The van der Waals surface area contributed by atoms with Crippen LogP contribution in [0.1, 0.15) is 33.0 Å². The van der Waals surface area contributed by atoms with E-state index in [0.29, 0.717) is 30.5 Å². The minimum absolute atomic E-state index is 0. The van der Waals surface area contributed by atoms with Crippen molar-refractivity contribution in [2.75, 3.05) is 20.1 Å². The molecule has 0 bridgehead atoms. The van der Waals surface area contributed by atoms with Gasteiger partial charge in [-0.15, -0.1) is 29.1 Å². The van der Waals surface area contributed by atoms with Crippen molar-refractivity contribution in [2.24, 2.45) is 4.99 Å². The van der Waals surface area contributed by atoms with Crippen molar-refractivity contribution in [3.05, 3.63) is 24.2 Å². The number of carbonyl (C=O) groups excluding carboxylic acids is 1. The Morgan fingerprint density at radius 1 is 1.48 bits per heavy atom. The number of furan rings is 1. The topological polar surface area (TPSA) is 121 Å². The molecule has 2 aromatic heterocycles. The Hall–Kier alpha value is -2.31. The van der Waals surface area contributed by atoms with Crippen molar-refractivity contribution in [1.29, 1.82) is 0 Å². The van der Waals surface area contributed by atoms with Crippen LogP contribution in [0.3, 0.4) is 0 Å². The molecular formula is C18H28IN7O3. The van der Waals surface area contributed by atoms with Crippen LogP contribution < -0.4 is 10.6 Å². The minimum atomic E-state index is -0.508. The molecule has 1 saturated heterocycles. The summed E-state index contributed by atoms with van der Waals surface area (Å²) in [4.78, 5) is 22.8. The molecule has 3 heterocycles. The Morgan fingerprint density at radius 3 is 2.93 bits per heavy atom. The molecular weight excluding hydrogens is 489 g/mol. The zero-order valence-electron chi connectivity index (χ0n) is 17.1. The summed E-state index contributed by atoms with van der Waals surface area (Å²) >= 11 is 0. The Kier molecular flexibility index (Phi) is 7.88. The number of alkyl carbamates (subject to hydrolysis) is 1. The van der Waals surface area contributed by atoms with Crippen LogP contribution in [0.15, 0.2) is 27.8 Å². The van der Waals surface area contributed by atoms with Gasteiger partial charge in [0.15, 0.2) is 11.7 Å². The molecule has 0 aliphatic carbocycles. The molecule has 1 aliphatic rings. The lowest BCUT2D eigenvalue weighted by atomic mass is 10.2. The maximum absolute atomic E-state index is 11.9. The fraction of sp³-hybridized carbons (Fsp3) is 0.556. The molecule has 0 aromatic carbocycles. The van der Waals surface area contributed by atoms with Crippen molar-refractivity contribution in [3.63, 3.8) is 0 Å². The van der Waals surface area contributed by atoms with Gasteiger partial charge < -0.3 is 24.7 Å². The summed E-state index contributed by atoms with van der Waals surface area (Å²) in [6.07, 6.45) is 2.01. The fourth-order valence-electron chi connectivity index (χ4n) is 2.93. The number of aromatic nitrogens is 3. The number of amides is 1. The second-order valence-electron chi connectivity index (χ2n) is 7.56. The van der Waals surface area contributed by atoms with Gasteiger partial charge in [0.2, 0.25) is 5.82 Å². The number of hydrogen-bond donors (Lipinski definition) is 3. The summed E-state index contributed by atoms with van der Waals surface area (Å²) in [6, 6.07) is 3.62. The molecule has 1 amide bonds. The van der Waals surface area contributed by atoms with E-state index in [4.69, 9.17) is 9.15 Å². The molecule has 1 fully saturated rings. The summed E-state index contributed by atoms with van der Waals surface area (Å²) in [5, 5.41) is 13.2. The molecule has 0 radical (unpaired) electrons. The molecule has 3 rings (SSSR count). The van der Waals surface area contributed by atoms with Crippen LogP contribution in [-0.4, -0.2) is 63.9 Å².